The van der Waals surface area contributed by atoms with Gasteiger partial charge >= 0.3 is 6.01 Å². The Hall–Kier alpha value is -0.640. The highest BCUT2D eigenvalue weighted by Crippen LogP contribution is 1.98. The third-order valence-electron chi connectivity index (χ3n) is 0.552. The fraction of sp³-hybridized carbons (Fsp3) is 0. The van der Waals surface area contributed by atoms with Crippen LogP contribution in [0, 0.1) is 0 Å². The van der Waals surface area contributed by atoms with Crippen LogP contribution < -0.4 is 4.18 Å². The van der Waals surface area contributed by atoms with Crippen molar-refractivity contribution in [3.8, 4) is 6.01 Å². The van der Waals surface area contributed by atoms with Crippen LogP contribution >= 0.6 is 12.9 Å². The molecule has 0 aliphatic rings. The first kappa shape index (κ1) is 4.52. The van der Waals surface area contributed by atoms with Crippen LogP contribution in [0.1, 0.15) is 0 Å². The first-order chi connectivity index (χ1) is 3.43. The van der Waals surface area contributed by atoms with Gasteiger partial charge in [0.1, 0.15) is 0 Å². The van der Waals surface area contributed by atoms with Crippen molar-refractivity contribution in [3.63, 3.8) is 0 Å². The lowest BCUT2D eigenvalue weighted by Gasteiger charge is -1.80. The van der Waals surface area contributed by atoms with Gasteiger partial charge in [-0.3, -0.25) is 0 Å². The van der Waals surface area contributed by atoms with Gasteiger partial charge in [0.25, 0.3) is 0 Å². The highest BCUT2D eigenvalue weighted by Gasteiger charge is 1.85. The predicted octanol–water partition coefficient (Wildman–Crippen LogP) is 0.901. The second-order valence-corrected chi connectivity index (χ2v) is 1.14. The number of nitrogens with zero attached hydrogens (tertiary/aromatic N) is 1. The second kappa shape index (κ2) is 1.88. The number of imidazole rings is 1. The largest absolute Gasteiger partial charge is 0.375 e. The van der Waals surface area contributed by atoms with Gasteiger partial charge in [0.15, 0.2) is 12.9 Å². The average molecular weight is 115 g/mol. The van der Waals surface area contributed by atoms with Gasteiger partial charge in [-0.05, 0) is 0 Å². The molecule has 1 heterocycles. The molecule has 0 spiro atoms. The molecule has 1 aromatic heterocycles. The fourth-order valence-electron chi connectivity index (χ4n) is 0.296. The lowest BCUT2D eigenvalue weighted by atomic mass is 11.0. The number of hydrogen-bond donors (Lipinski definition) is 1. The molecule has 1 radical (unpaired) electrons. The predicted molar refractivity (Wildman–Crippen MR) is 26.8 cm³/mol. The van der Waals surface area contributed by atoms with E-state index in [0.29, 0.717) is 6.01 Å². The average Bonchev–Trinajstić information content (AvgIpc) is 2.14. The van der Waals surface area contributed by atoms with Crippen LogP contribution in [0.3, 0.4) is 0 Å². The minimum Gasteiger partial charge on any atom is -0.375 e. The van der Waals surface area contributed by atoms with Gasteiger partial charge < -0.3 is 9.17 Å². The van der Waals surface area contributed by atoms with Crippen molar-refractivity contribution in [1.82, 2.24) is 9.97 Å². The van der Waals surface area contributed by atoms with Gasteiger partial charge in [0.2, 0.25) is 0 Å². The molecular weight excluding hydrogens is 112 g/mol. The van der Waals surface area contributed by atoms with E-state index in [1.807, 2.05) is 0 Å². The lowest BCUT2D eigenvalue weighted by Crippen LogP contribution is -1.73. The Bertz CT molecular complexity index is 127. The Labute approximate surface area is 46.3 Å². The highest BCUT2D eigenvalue weighted by molar-refractivity contribution is 7.75. The molecule has 0 amide bonds. The van der Waals surface area contributed by atoms with E-state index >= 15 is 0 Å². The Balaban J connectivity index is 2.76. The molecule has 37 valence electrons. The quantitative estimate of drug-likeness (QED) is 0.590. The van der Waals surface area contributed by atoms with E-state index in [4.69, 9.17) is 0 Å². The molecule has 0 unspecified atom stereocenters. The van der Waals surface area contributed by atoms with Crippen molar-refractivity contribution < 1.29 is 4.18 Å². The van der Waals surface area contributed by atoms with E-state index in [9.17, 15) is 0 Å². The van der Waals surface area contributed by atoms with E-state index < -0.39 is 0 Å². The van der Waals surface area contributed by atoms with Crippen LogP contribution in [0.5, 0.6) is 6.01 Å². The van der Waals surface area contributed by atoms with Crippen molar-refractivity contribution >= 4 is 12.9 Å². The normalized spacial score (nSPS) is 8.71. The van der Waals surface area contributed by atoms with Crippen LogP contribution in [-0.2, 0) is 0 Å². The summed E-state index contributed by atoms with van der Waals surface area (Å²) in [5.74, 6) is 0. The summed E-state index contributed by atoms with van der Waals surface area (Å²) in [6, 6.07) is 0.370. The maximum Gasteiger partial charge on any atom is 0.307 e. The molecule has 0 aliphatic carbocycles. The molecule has 1 rings (SSSR count). The third kappa shape index (κ3) is 0.866. The molecule has 0 fully saturated rings. The Kier molecular flexibility index (Phi) is 1.21. The molecule has 1 N–H and O–H groups in total. The number of aromatic nitrogens is 2. The smallest absolute Gasteiger partial charge is 0.307 e. The molecule has 0 bridgehead atoms. The summed E-state index contributed by atoms with van der Waals surface area (Å²) in [5, 5.41) is 0. The summed E-state index contributed by atoms with van der Waals surface area (Å²) in [4.78, 5) is 6.30. The topological polar surface area (TPSA) is 37.9 Å². The first-order valence-corrected chi connectivity index (χ1v) is 2.06. The molecule has 3 nitrogen and oxygen atoms in total. The summed E-state index contributed by atoms with van der Waals surface area (Å²) < 4.78 is 4.27. The Morgan fingerprint density at radius 3 is 3.00 bits per heavy atom. The fourth-order valence-corrected chi connectivity index (χ4v) is 0.388. The van der Waals surface area contributed by atoms with Gasteiger partial charge in [-0.25, -0.2) is 4.98 Å². The Morgan fingerprint density at radius 2 is 2.71 bits per heavy atom. The summed E-state index contributed by atoms with van der Waals surface area (Å²) >= 11 is 4.18. The van der Waals surface area contributed by atoms with E-state index in [-0.39, 0.29) is 0 Å². The second-order valence-electron chi connectivity index (χ2n) is 0.978. The SMILES string of the molecule is [S]Oc1ncc[nH]1. The van der Waals surface area contributed by atoms with Gasteiger partial charge in [-0.2, -0.15) is 0 Å². The summed E-state index contributed by atoms with van der Waals surface area (Å²) in [7, 11) is 0. The monoisotopic (exact) mass is 115 g/mol. The molecule has 7 heavy (non-hydrogen) atoms. The van der Waals surface area contributed by atoms with Crippen LogP contribution in [0.2, 0.25) is 0 Å². The van der Waals surface area contributed by atoms with E-state index in [1.54, 1.807) is 12.4 Å². The third-order valence-corrected chi connectivity index (χ3v) is 0.710. The summed E-state index contributed by atoms with van der Waals surface area (Å²) in [6.45, 7) is 0. The van der Waals surface area contributed by atoms with Crippen molar-refractivity contribution in [2.75, 3.05) is 0 Å². The van der Waals surface area contributed by atoms with E-state index in [0.717, 1.165) is 0 Å². The molecule has 0 saturated carbocycles. The van der Waals surface area contributed by atoms with Gasteiger partial charge in [-0.15, -0.1) is 0 Å². The van der Waals surface area contributed by atoms with Gasteiger partial charge in [0, 0.05) is 12.4 Å². The molecule has 0 atom stereocenters. The van der Waals surface area contributed by atoms with Crippen LogP contribution in [0.15, 0.2) is 12.4 Å². The molecule has 0 saturated heterocycles. The minimum absolute atomic E-state index is 0.370. The summed E-state index contributed by atoms with van der Waals surface area (Å²) in [6.07, 6.45) is 3.21. The zero-order valence-electron chi connectivity index (χ0n) is 3.42. The summed E-state index contributed by atoms with van der Waals surface area (Å²) in [5.41, 5.74) is 0. The van der Waals surface area contributed by atoms with E-state index in [1.165, 1.54) is 0 Å². The number of rotatable bonds is 1. The number of nitrogens with one attached hydrogen (secondary N) is 1. The van der Waals surface area contributed by atoms with Gasteiger partial charge in [-0.1, -0.05) is 0 Å². The maximum atomic E-state index is 4.27. The van der Waals surface area contributed by atoms with Crippen LogP contribution in [0.4, 0.5) is 0 Å². The number of H-pyrrole nitrogens is 1. The standard InChI is InChI=1S/C3H3N2OS/c7-6-3-4-1-2-5-3/h1-2H,(H,4,5). The van der Waals surface area contributed by atoms with Crippen molar-refractivity contribution in [2.45, 2.75) is 0 Å². The zero-order valence-corrected chi connectivity index (χ0v) is 4.23. The zero-order chi connectivity index (χ0) is 5.11. The minimum atomic E-state index is 0.370. The molecular formula is C3H3N2OS. The molecule has 1 aromatic rings. The van der Waals surface area contributed by atoms with Crippen molar-refractivity contribution in [2.24, 2.45) is 0 Å². The molecule has 0 aromatic carbocycles. The van der Waals surface area contributed by atoms with Crippen LogP contribution in [-0.4, -0.2) is 9.97 Å². The molecule has 4 heteroatoms. The van der Waals surface area contributed by atoms with Gasteiger partial charge in [0.05, 0.1) is 0 Å². The van der Waals surface area contributed by atoms with Crippen molar-refractivity contribution in [3.05, 3.63) is 12.4 Å². The number of aromatic amines is 1. The highest BCUT2D eigenvalue weighted by atomic mass is 32.1. The lowest BCUT2D eigenvalue weighted by molar-refractivity contribution is 0.605. The maximum absolute atomic E-state index is 4.27. The van der Waals surface area contributed by atoms with E-state index in [2.05, 4.69) is 27.1 Å². The van der Waals surface area contributed by atoms with Crippen molar-refractivity contribution in [1.29, 1.82) is 0 Å². The molecule has 0 aliphatic heterocycles. The Morgan fingerprint density at radius 1 is 1.86 bits per heavy atom. The van der Waals surface area contributed by atoms with Crippen LogP contribution in [0.25, 0.3) is 0 Å². The number of hydrogen-bond acceptors (Lipinski definition) is 2. The first-order valence-electron chi connectivity index (χ1n) is 1.72.